The summed E-state index contributed by atoms with van der Waals surface area (Å²) in [6, 6.07) is 1.42. The van der Waals surface area contributed by atoms with Crippen LogP contribution in [0, 0.1) is 0 Å². The standard InChI is InChI=1S/C9H15BrN4O3S/c1-2-17-4-3-13-18(15,16)8-5-7(10)6-12-9(8)14-11/h5-6,13H,2-4,11H2,1H3,(H,12,14). The average Bonchev–Trinajstić information content (AvgIpc) is 2.35. The van der Waals surface area contributed by atoms with Crippen LogP contribution in [0.25, 0.3) is 0 Å². The molecule has 1 aromatic rings. The second kappa shape index (κ2) is 7.00. The van der Waals surface area contributed by atoms with Gasteiger partial charge in [-0.2, -0.15) is 0 Å². The maximum Gasteiger partial charge on any atom is 0.244 e. The Hall–Kier alpha value is -0.740. The van der Waals surface area contributed by atoms with Gasteiger partial charge in [-0.1, -0.05) is 0 Å². The minimum atomic E-state index is -3.67. The van der Waals surface area contributed by atoms with Crippen LogP contribution in [0.15, 0.2) is 21.6 Å². The lowest BCUT2D eigenvalue weighted by molar-refractivity contribution is 0.153. The van der Waals surface area contributed by atoms with E-state index in [2.05, 4.69) is 31.1 Å². The molecule has 0 aromatic carbocycles. The predicted molar refractivity (Wildman–Crippen MR) is 71.4 cm³/mol. The maximum atomic E-state index is 12.0. The molecule has 1 heterocycles. The molecule has 0 spiro atoms. The monoisotopic (exact) mass is 338 g/mol. The first-order valence-corrected chi connectivity index (χ1v) is 7.48. The summed E-state index contributed by atoms with van der Waals surface area (Å²) in [5.41, 5.74) is 2.25. The summed E-state index contributed by atoms with van der Waals surface area (Å²) >= 11 is 3.16. The minimum absolute atomic E-state index is 0.0177. The molecule has 0 bridgehead atoms. The number of nitrogens with one attached hydrogen (secondary N) is 2. The zero-order valence-electron chi connectivity index (χ0n) is 9.81. The number of sulfonamides is 1. The van der Waals surface area contributed by atoms with Gasteiger partial charge in [0.05, 0.1) is 6.61 Å². The number of anilines is 1. The molecule has 7 nitrogen and oxygen atoms in total. The largest absolute Gasteiger partial charge is 0.380 e. The molecular weight excluding hydrogens is 324 g/mol. The summed E-state index contributed by atoms with van der Waals surface area (Å²) in [4.78, 5) is 3.86. The lowest BCUT2D eigenvalue weighted by atomic mass is 10.5. The lowest BCUT2D eigenvalue weighted by Crippen LogP contribution is -2.29. The van der Waals surface area contributed by atoms with Crippen molar-refractivity contribution >= 4 is 31.8 Å². The number of nitrogens with two attached hydrogens (primary N) is 1. The molecule has 102 valence electrons. The summed E-state index contributed by atoms with van der Waals surface area (Å²) in [5.74, 6) is 5.31. The number of rotatable bonds is 7. The van der Waals surface area contributed by atoms with Gasteiger partial charge < -0.3 is 10.2 Å². The van der Waals surface area contributed by atoms with E-state index in [4.69, 9.17) is 10.6 Å². The summed E-state index contributed by atoms with van der Waals surface area (Å²) in [6.45, 7) is 2.87. The number of halogens is 1. The van der Waals surface area contributed by atoms with Crippen molar-refractivity contribution in [2.75, 3.05) is 25.2 Å². The first-order valence-electron chi connectivity index (χ1n) is 5.21. The van der Waals surface area contributed by atoms with Crippen molar-refractivity contribution in [1.29, 1.82) is 0 Å². The average molecular weight is 339 g/mol. The van der Waals surface area contributed by atoms with Gasteiger partial charge in [-0.05, 0) is 28.9 Å². The van der Waals surface area contributed by atoms with Crippen LogP contribution < -0.4 is 16.0 Å². The molecule has 4 N–H and O–H groups in total. The van der Waals surface area contributed by atoms with Crippen molar-refractivity contribution in [2.24, 2.45) is 5.84 Å². The maximum absolute atomic E-state index is 12.0. The number of hydrogen-bond acceptors (Lipinski definition) is 6. The van der Waals surface area contributed by atoms with E-state index in [1.54, 1.807) is 0 Å². The molecule has 0 aliphatic heterocycles. The van der Waals surface area contributed by atoms with Gasteiger partial charge in [-0.25, -0.2) is 24.0 Å². The third kappa shape index (κ3) is 4.18. The van der Waals surface area contributed by atoms with E-state index in [9.17, 15) is 8.42 Å². The fraction of sp³-hybridized carbons (Fsp3) is 0.444. The van der Waals surface area contributed by atoms with Crippen LogP contribution in [0.1, 0.15) is 6.92 Å². The predicted octanol–water partition coefficient (Wildman–Crippen LogP) is 0.445. The molecular formula is C9H15BrN4O3S. The van der Waals surface area contributed by atoms with Gasteiger partial charge >= 0.3 is 0 Å². The number of ether oxygens (including phenoxy) is 1. The van der Waals surface area contributed by atoms with Crippen LogP contribution in [0.3, 0.4) is 0 Å². The normalized spacial score (nSPS) is 11.5. The second-order valence-corrected chi connectivity index (χ2v) is 5.89. The Morgan fingerprint density at radius 1 is 1.56 bits per heavy atom. The zero-order valence-corrected chi connectivity index (χ0v) is 12.2. The summed E-state index contributed by atoms with van der Waals surface area (Å²) in [6.07, 6.45) is 1.45. The summed E-state index contributed by atoms with van der Waals surface area (Å²) in [7, 11) is -3.67. The fourth-order valence-electron chi connectivity index (χ4n) is 1.20. The topological polar surface area (TPSA) is 106 Å². The minimum Gasteiger partial charge on any atom is -0.380 e. The molecule has 0 radical (unpaired) electrons. The summed E-state index contributed by atoms with van der Waals surface area (Å²) in [5, 5.41) is 0. The number of hydrogen-bond donors (Lipinski definition) is 3. The first kappa shape index (κ1) is 15.3. The smallest absolute Gasteiger partial charge is 0.244 e. The number of pyridine rings is 1. The molecule has 1 rings (SSSR count). The van der Waals surface area contributed by atoms with Crippen molar-refractivity contribution < 1.29 is 13.2 Å². The van der Waals surface area contributed by atoms with E-state index in [0.717, 1.165) is 0 Å². The Labute approximate surface area is 114 Å². The zero-order chi connectivity index (χ0) is 13.6. The van der Waals surface area contributed by atoms with Crippen molar-refractivity contribution in [3.63, 3.8) is 0 Å². The quantitative estimate of drug-likeness (QED) is 0.378. The fourth-order valence-corrected chi connectivity index (χ4v) is 2.84. The van der Waals surface area contributed by atoms with E-state index >= 15 is 0 Å². The van der Waals surface area contributed by atoms with Gasteiger partial charge in [0, 0.05) is 23.8 Å². The van der Waals surface area contributed by atoms with Crippen molar-refractivity contribution in [2.45, 2.75) is 11.8 Å². The third-order valence-electron chi connectivity index (χ3n) is 1.99. The van der Waals surface area contributed by atoms with E-state index in [-0.39, 0.29) is 17.3 Å². The van der Waals surface area contributed by atoms with Gasteiger partial charge in [0.25, 0.3) is 0 Å². The van der Waals surface area contributed by atoms with Gasteiger partial charge in [-0.3, -0.25) is 0 Å². The van der Waals surface area contributed by atoms with Gasteiger partial charge in [-0.15, -0.1) is 0 Å². The van der Waals surface area contributed by atoms with Gasteiger partial charge in [0.15, 0.2) is 5.82 Å². The van der Waals surface area contributed by atoms with Crippen molar-refractivity contribution in [3.05, 3.63) is 16.7 Å². The van der Waals surface area contributed by atoms with Crippen LogP contribution in [0.2, 0.25) is 0 Å². The molecule has 0 saturated carbocycles. The highest BCUT2D eigenvalue weighted by Crippen LogP contribution is 2.21. The molecule has 0 saturated heterocycles. The Morgan fingerprint density at radius 3 is 2.89 bits per heavy atom. The van der Waals surface area contributed by atoms with Crippen LogP contribution in [0.4, 0.5) is 5.82 Å². The SMILES string of the molecule is CCOCCNS(=O)(=O)c1cc(Br)cnc1NN. The molecule has 1 aromatic heterocycles. The van der Waals surface area contributed by atoms with Gasteiger partial charge in [0.1, 0.15) is 4.90 Å². The van der Waals surface area contributed by atoms with Crippen molar-refractivity contribution in [3.8, 4) is 0 Å². The highest BCUT2D eigenvalue weighted by Gasteiger charge is 2.19. The molecule has 0 amide bonds. The molecule has 0 aliphatic carbocycles. The molecule has 0 aliphatic rings. The Kier molecular flexibility index (Phi) is 5.96. The van der Waals surface area contributed by atoms with Crippen LogP contribution >= 0.6 is 15.9 Å². The van der Waals surface area contributed by atoms with Crippen LogP contribution in [0.5, 0.6) is 0 Å². The number of hydrazine groups is 1. The molecule has 0 fully saturated rings. The molecule has 18 heavy (non-hydrogen) atoms. The molecule has 9 heteroatoms. The van der Waals surface area contributed by atoms with Crippen LogP contribution in [-0.4, -0.2) is 33.2 Å². The summed E-state index contributed by atoms with van der Waals surface area (Å²) < 4.78 is 32.0. The Bertz CT molecular complexity index is 495. The van der Waals surface area contributed by atoms with E-state index < -0.39 is 10.0 Å². The van der Waals surface area contributed by atoms with E-state index in [0.29, 0.717) is 17.7 Å². The molecule has 0 atom stereocenters. The second-order valence-electron chi connectivity index (χ2n) is 3.24. The van der Waals surface area contributed by atoms with Crippen LogP contribution in [-0.2, 0) is 14.8 Å². The number of nitrogens with zero attached hydrogens (tertiary/aromatic N) is 1. The highest BCUT2D eigenvalue weighted by molar-refractivity contribution is 9.10. The third-order valence-corrected chi connectivity index (χ3v) is 3.90. The number of aromatic nitrogens is 1. The van der Waals surface area contributed by atoms with Crippen molar-refractivity contribution in [1.82, 2.24) is 9.71 Å². The number of nitrogen functional groups attached to an aromatic ring is 1. The Morgan fingerprint density at radius 2 is 2.28 bits per heavy atom. The van der Waals surface area contributed by atoms with Gasteiger partial charge in [0.2, 0.25) is 10.0 Å². The first-order chi connectivity index (χ1) is 8.51. The highest BCUT2D eigenvalue weighted by atomic mass is 79.9. The molecule has 0 unspecified atom stereocenters. The van der Waals surface area contributed by atoms with E-state index in [1.807, 2.05) is 6.92 Å². The lowest BCUT2D eigenvalue weighted by Gasteiger charge is -2.10. The van der Waals surface area contributed by atoms with E-state index in [1.165, 1.54) is 12.3 Å². The Balaban J connectivity index is 2.87.